The summed E-state index contributed by atoms with van der Waals surface area (Å²) in [5.74, 6) is 0.155. The number of ketones is 1. The third-order valence-corrected chi connectivity index (χ3v) is 11.2. The Bertz CT molecular complexity index is 2000. The molecule has 2 saturated heterocycles. The fourth-order valence-electron chi connectivity index (χ4n) is 7.60. The summed E-state index contributed by atoms with van der Waals surface area (Å²) in [6.45, 7) is 2.93. The van der Waals surface area contributed by atoms with Gasteiger partial charge in [-0.2, -0.15) is 0 Å². The molecule has 3 heterocycles. The maximum absolute atomic E-state index is 14.3. The van der Waals surface area contributed by atoms with Gasteiger partial charge in [-0.25, -0.2) is 4.79 Å². The number of benzene rings is 3. The zero-order valence-electron chi connectivity index (χ0n) is 27.0. The average Bonchev–Trinajstić information content (AvgIpc) is 3.74. The maximum atomic E-state index is 14.3. The molecule has 0 bridgehead atoms. The summed E-state index contributed by atoms with van der Waals surface area (Å²) in [5.41, 5.74) is 21.3. The number of hydrogen-bond acceptors (Lipinski definition) is 9. The smallest absolute Gasteiger partial charge is 0.407 e. The number of rotatable bonds is 6. The molecular formula is C36H38N6O6S. The van der Waals surface area contributed by atoms with E-state index < -0.39 is 35.4 Å². The number of likely N-dealkylation sites (tertiary alicyclic amines) is 2. The molecule has 1 aromatic heterocycles. The number of nitrogens with zero attached hydrogens (tertiary/aromatic N) is 2. The first-order chi connectivity index (χ1) is 23.5. The highest BCUT2D eigenvalue weighted by atomic mass is 32.1. The number of carboxylic acid groups (broad SMARTS) is 1. The second kappa shape index (κ2) is 12.5. The van der Waals surface area contributed by atoms with Crippen molar-refractivity contribution in [2.45, 2.75) is 56.3 Å². The van der Waals surface area contributed by atoms with Crippen LogP contribution in [0.3, 0.4) is 0 Å². The summed E-state index contributed by atoms with van der Waals surface area (Å²) in [5, 5.41) is 13.2. The number of carbonyl (C=O) groups is 4. The quantitative estimate of drug-likeness (QED) is 0.185. The van der Waals surface area contributed by atoms with Gasteiger partial charge in [0, 0.05) is 42.3 Å². The summed E-state index contributed by atoms with van der Waals surface area (Å²) in [6.07, 6.45) is 1.29. The van der Waals surface area contributed by atoms with Crippen LogP contribution in [0, 0.1) is 6.92 Å². The molecule has 1 aliphatic carbocycles. The molecule has 49 heavy (non-hydrogen) atoms. The van der Waals surface area contributed by atoms with Gasteiger partial charge in [0.1, 0.15) is 23.1 Å². The molecular weight excluding hydrogens is 644 g/mol. The van der Waals surface area contributed by atoms with Gasteiger partial charge >= 0.3 is 6.09 Å². The molecule has 7 rings (SSSR count). The van der Waals surface area contributed by atoms with E-state index in [4.69, 9.17) is 21.9 Å². The van der Waals surface area contributed by atoms with Gasteiger partial charge in [-0.3, -0.25) is 19.3 Å². The number of nitrogens with two attached hydrogens (primary N) is 3. The van der Waals surface area contributed by atoms with Crippen molar-refractivity contribution in [3.63, 3.8) is 0 Å². The Hall–Kier alpha value is -4.98. The van der Waals surface area contributed by atoms with Crippen LogP contribution in [0.2, 0.25) is 0 Å². The van der Waals surface area contributed by atoms with E-state index in [0.717, 1.165) is 5.56 Å². The van der Waals surface area contributed by atoms with E-state index in [2.05, 4.69) is 5.32 Å². The standard InChI is InChI=1S/C36H38N6O6S/c1-19-17-22(48-21-8-3-2-4-9-21)11-12-23(19)36(39)24-13-14-25(37)30-27(24)28(29(38)32(36)43)31(49-30)33(44)40-20-7-5-15-41(18-20)34(45)26-10-6-16-42(26)35(46)47/h2-4,8-9,11-14,17,20,26,29H,5-7,10,15-16,18,37-39H2,1H3,(H,40,44)(H,46,47)/t20-,26?,29?,36?/m1/s1. The molecule has 254 valence electrons. The Balaban J connectivity index is 1.19. The van der Waals surface area contributed by atoms with Crippen molar-refractivity contribution in [1.29, 1.82) is 0 Å². The number of carbonyl (C=O) groups excluding carboxylic acids is 3. The summed E-state index contributed by atoms with van der Waals surface area (Å²) in [6, 6.07) is 15.9. The third kappa shape index (κ3) is 5.47. The first-order valence-corrected chi connectivity index (χ1v) is 17.2. The molecule has 0 radical (unpaired) electrons. The lowest BCUT2D eigenvalue weighted by molar-refractivity contribution is -0.136. The van der Waals surface area contributed by atoms with Crippen molar-refractivity contribution < 1.29 is 29.0 Å². The van der Waals surface area contributed by atoms with Crippen molar-refractivity contribution in [2.24, 2.45) is 11.5 Å². The Morgan fingerprint density at radius 3 is 2.47 bits per heavy atom. The number of para-hydroxylation sites is 1. The molecule has 4 aromatic rings. The lowest BCUT2D eigenvalue weighted by Crippen LogP contribution is -2.54. The van der Waals surface area contributed by atoms with Crippen LogP contribution in [-0.4, -0.2) is 70.3 Å². The second-order valence-electron chi connectivity index (χ2n) is 13.0. The van der Waals surface area contributed by atoms with E-state index in [1.807, 2.05) is 43.3 Å². The largest absolute Gasteiger partial charge is 0.465 e. The lowest BCUT2D eigenvalue weighted by Gasteiger charge is -2.37. The van der Waals surface area contributed by atoms with E-state index in [9.17, 15) is 24.3 Å². The van der Waals surface area contributed by atoms with Gasteiger partial charge in [0.05, 0.1) is 15.6 Å². The number of amides is 3. The number of nitrogen functional groups attached to an aromatic ring is 1. The third-order valence-electron chi connectivity index (χ3n) is 9.97. The van der Waals surface area contributed by atoms with Gasteiger partial charge in [0.25, 0.3) is 5.91 Å². The van der Waals surface area contributed by atoms with Crippen molar-refractivity contribution in [3.8, 4) is 11.5 Å². The summed E-state index contributed by atoms with van der Waals surface area (Å²) in [4.78, 5) is 56.4. The van der Waals surface area contributed by atoms with Gasteiger partial charge in [0.15, 0.2) is 5.78 Å². The van der Waals surface area contributed by atoms with Crippen molar-refractivity contribution in [3.05, 3.63) is 87.8 Å². The Labute approximate surface area is 286 Å². The molecule has 2 fully saturated rings. The van der Waals surface area contributed by atoms with Crippen LogP contribution >= 0.6 is 11.3 Å². The number of Topliss-reactive ketones (excluding diaryl/α,β-unsaturated/α-hetero) is 1. The molecule has 2 aliphatic heterocycles. The minimum atomic E-state index is -1.61. The minimum absolute atomic E-state index is 0.241. The normalized spacial score (nSPS) is 23.5. The number of aryl methyl sites for hydroxylation is 1. The number of ether oxygens (including phenoxy) is 1. The maximum Gasteiger partial charge on any atom is 0.407 e. The van der Waals surface area contributed by atoms with E-state index in [-0.39, 0.29) is 23.4 Å². The van der Waals surface area contributed by atoms with Crippen LogP contribution in [0.4, 0.5) is 10.5 Å². The van der Waals surface area contributed by atoms with Crippen molar-refractivity contribution >= 4 is 50.8 Å². The first-order valence-electron chi connectivity index (χ1n) is 16.4. The molecule has 3 amide bonds. The van der Waals surface area contributed by atoms with Crippen LogP contribution in [0.15, 0.2) is 60.7 Å². The van der Waals surface area contributed by atoms with Gasteiger partial charge in [-0.15, -0.1) is 11.3 Å². The Kier molecular flexibility index (Phi) is 8.29. The van der Waals surface area contributed by atoms with Gasteiger partial charge < -0.3 is 37.3 Å². The van der Waals surface area contributed by atoms with Crippen LogP contribution < -0.4 is 27.3 Å². The van der Waals surface area contributed by atoms with Gasteiger partial charge in [-0.05, 0) is 79.6 Å². The highest BCUT2D eigenvalue weighted by molar-refractivity contribution is 7.21. The SMILES string of the molecule is Cc1cc(Oc2ccccc2)ccc1C1(N)C(=O)C(N)c2c(C(=O)N[C@@H]3CCCN(C(=O)C4CCCN4C(=O)O)C3)sc3c(N)ccc1c23. The van der Waals surface area contributed by atoms with Gasteiger partial charge in [-0.1, -0.05) is 30.3 Å². The van der Waals surface area contributed by atoms with E-state index >= 15 is 0 Å². The molecule has 4 atom stereocenters. The molecule has 12 nitrogen and oxygen atoms in total. The highest BCUT2D eigenvalue weighted by Crippen LogP contribution is 2.50. The monoisotopic (exact) mass is 682 g/mol. The number of anilines is 1. The van der Waals surface area contributed by atoms with Crippen LogP contribution in [0.5, 0.6) is 11.5 Å². The van der Waals surface area contributed by atoms with E-state index in [1.54, 1.807) is 29.2 Å². The van der Waals surface area contributed by atoms with Crippen molar-refractivity contribution in [2.75, 3.05) is 25.4 Å². The molecule has 3 aliphatic rings. The zero-order chi connectivity index (χ0) is 34.6. The molecule has 8 N–H and O–H groups in total. The molecule has 13 heteroatoms. The van der Waals surface area contributed by atoms with E-state index in [0.29, 0.717) is 82.7 Å². The molecule has 0 spiro atoms. The zero-order valence-corrected chi connectivity index (χ0v) is 27.8. The Morgan fingerprint density at radius 2 is 1.73 bits per heavy atom. The fraction of sp³-hybridized carbons (Fsp3) is 0.333. The predicted octanol–water partition coefficient (Wildman–Crippen LogP) is 4.23. The fourth-order valence-corrected chi connectivity index (χ4v) is 8.81. The average molecular weight is 683 g/mol. The van der Waals surface area contributed by atoms with Crippen LogP contribution in [0.1, 0.15) is 63.7 Å². The molecule has 3 unspecified atom stereocenters. The molecule has 0 saturated carbocycles. The predicted molar refractivity (Wildman–Crippen MR) is 186 cm³/mol. The summed E-state index contributed by atoms with van der Waals surface area (Å²) < 4.78 is 6.62. The van der Waals surface area contributed by atoms with Gasteiger partial charge in [0.2, 0.25) is 5.91 Å². The number of piperidine rings is 1. The number of hydrogen-bond donors (Lipinski definition) is 5. The topological polar surface area (TPSA) is 194 Å². The number of nitrogens with one attached hydrogen (secondary N) is 1. The highest BCUT2D eigenvalue weighted by Gasteiger charge is 2.49. The van der Waals surface area contributed by atoms with Crippen LogP contribution in [0.25, 0.3) is 10.1 Å². The summed E-state index contributed by atoms with van der Waals surface area (Å²) in [7, 11) is 0. The Morgan fingerprint density at radius 1 is 1.00 bits per heavy atom. The minimum Gasteiger partial charge on any atom is -0.465 e. The lowest BCUT2D eigenvalue weighted by atomic mass is 9.69. The van der Waals surface area contributed by atoms with Crippen LogP contribution in [-0.2, 0) is 15.1 Å². The summed E-state index contributed by atoms with van der Waals surface area (Å²) >= 11 is 1.17. The number of thiophene rings is 1. The second-order valence-corrected chi connectivity index (χ2v) is 14.0. The van der Waals surface area contributed by atoms with Crippen molar-refractivity contribution in [1.82, 2.24) is 15.1 Å². The molecule has 3 aromatic carbocycles. The first kappa shape index (κ1) is 32.6. The van der Waals surface area contributed by atoms with E-state index in [1.165, 1.54) is 16.2 Å².